The molecular formula is C15H11F3N4O2S. The molecule has 0 radical (unpaired) electrons. The van der Waals surface area contributed by atoms with Crippen LogP contribution in [0.15, 0.2) is 53.7 Å². The van der Waals surface area contributed by atoms with Gasteiger partial charge in [0.25, 0.3) is 5.82 Å². The van der Waals surface area contributed by atoms with Crippen LogP contribution in [0.5, 0.6) is 0 Å². The van der Waals surface area contributed by atoms with Crippen molar-refractivity contribution in [3.8, 4) is 17.1 Å². The van der Waals surface area contributed by atoms with Gasteiger partial charge in [-0.25, -0.2) is 18.1 Å². The van der Waals surface area contributed by atoms with Crippen LogP contribution in [0.2, 0.25) is 0 Å². The van der Waals surface area contributed by atoms with Gasteiger partial charge < -0.3 is 0 Å². The van der Waals surface area contributed by atoms with Gasteiger partial charge in [0.05, 0.1) is 10.6 Å². The molecule has 6 nitrogen and oxygen atoms in total. The van der Waals surface area contributed by atoms with E-state index in [1.807, 2.05) is 0 Å². The number of alkyl halides is 3. The molecule has 0 atom stereocenters. The Labute approximate surface area is 140 Å². The van der Waals surface area contributed by atoms with Crippen LogP contribution >= 0.6 is 0 Å². The van der Waals surface area contributed by atoms with Gasteiger partial charge in [0, 0.05) is 24.2 Å². The number of hydrogen-bond donors (Lipinski definition) is 0. The lowest BCUT2D eigenvalue weighted by atomic mass is 10.2. The highest BCUT2D eigenvalue weighted by Crippen LogP contribution is 2.30. The Hall–Kier alpha value is -2.75. The van der Waals surface area contributed by atoms with Gasteiger partial charge in [-0.3, -0.25) is 4.98 Å². The molecule has 0 aliphatic carbocycles. The van der Waals surface area contributed by atoms with E-state index in [2.05, 4.69) is 15.1 Å². The Morgan fingerprint density at radius 3 is 2.12 bits per heavy atom. The van der Waals surface area contributed by atoms with E-state index >= 15 is 0 Å². The fourth-order valence-corrected chi connectivity index (χ4v) is 2.77. The molecule has 0 fully saturated rings. The van der Waals surface area contributed by atoms with Crippen LogP contribution in [0.4, 0.5) is 13.2 Å². The number of sulfone groups is 1. The van der Waals surface area contributed by atoms with Crippen LogP contribution < -0.4 is 0 Å². The third-order valence-electron chi connectivity index (χ3n) is 3.31. The summed E-state index contributed by atoms with van der Waals surface area (Å²) in [6.07, 6.45) is -0.815. The number of aromatic nitrogens is 4. The Bertz CT molecular complexity index is 998. The maximum Gasteiger partial charge on any atom is 0.453 e. The standard InChI is InChI=1S/C15H11F3N4O2S/c1-25(23,24)12-4-2-11(3-5-12)22-13(10-6-8-19-9-7-10)20-14(21-22)15(16,17)18/h2-9H,1H3. The Kier molecular flexibility index (Phi) is 4.07. The van der Waals surface area contributed by atoms with Gasteiger partial charge in [-0.1, -0.05) is 0 Å². The SMILES string of the molecule is CS(=O)(=O)c1ccc(-n2nc(C(F)(F)F)nc2-c2ccncc2)cc1. The zero-order valence-corrected chi connectivity index (χ0v) is 13.6. The van der Waals surface area contributed by atoms with Crippen LogP contribution in [-0.2, 0) is 16.0 Å². The molecule has 2 heterocycles. The maximum atomic E-state index is 13.0. The second-order valence-electron chi connectivity index (χ2n) is 5.17. The van der Waals surface area contributed by atoms with E-state index in [1.165, 1.54) is 48.8 Å². The van der Waals surface area contributed by atoms with Gasteiger partial charge in [-0.05, 0) is 36.4 Å². The number of halogens is 3. The Morgan fingerprint density at radius 1 is 1.00 bits per heavy atom. The van der Waals surface area contributed by atoms with Crippen molar-refractivity contribution in [1.29, 1.82) is 0 Å². The number of pyridine rings is 1. The lowest BCUT2D eigenvalue weighted by molar-refractivity contribution is -0.144. The molecule has 0 bridgehead atoms. The third kappa shape index (κ3) is 3.53. The molecular weight excluding hydrogens is 357 g/mol. The van der Waals surface area contributed by atoms with Gasteiger partial charge in [-0.15, -0.1) is 5.10 Å². The normalized spacial score (nSPS) is 12.3. The summed E-state index contributed by atoms with van der Waals surface area (Å²) >= 11 is 0. The second-order valence-corrected chi connectivity index (χ2v) is 7.19. The van der Waals surface area contributed by atoms with Gasteiger partial charge in [0.15, 0.2) is 15.7 Å². The summed E-state index contributed by atoms with van der Waals surface area (Å²) in [7, 11) is -3.42. The number of nitrogens with zero attached hydrogens (tertiary/aromatic N) is 4. The second kappa shape index (κ2) is 5.96. The van der Waals surface area contributed by atoms with Gasteiger partial charge in [0.1, 0.15) is 0 Å². The largest absolute Gasteiger partial charge is 0.453 e. The molecule has 25 heavy (non-hydrogen) atoms. The predicted octanol–water partition coefficient (Wildman–Crippen LogP) is 2.75. The van der Waals surface area contributed by atoms with Crippen molar-refractivity contribution in [2.24, 2.45) is 0 Å². The molecule has 0 unspecified atom stereocenters. The van der Waals surface area contributed by atoms with E-state index in [1.54, 1.807) is 0 Å². The monoisotopic (exact) mass is 368 g/mol. The fraction of sp³-hybridized carbons (Fsp3) is 0.133. The maximum absolute atomic E-state index is 13.0. The van der Waals surface area contributed by atoms with Crippen molar-refractivity contribution in [1.82, 2.24) is 19.7 Å². The summed E-state index contributed by atoms with van der Waals surface area (Å²) in [4.78, 5) is 7.45. The summed E-state index contributed by atoms with van der Waals surface area (Å²) in [6.45, 7) is 0. The minimum absolute atomic E-state index is 0.0261. The first-order chi connectivity index (χ1) is 11.7. The highest BCUT2D eigenvalue weighted by atomic mass is 32.2. The van der Waals surface area contributed by atoms with Crippen LogP contribution in [0.3, 0.4) is 0 Å². The molecule has 3 aromatic rings. The molecule has 0 saturated heterocycles. The van der Waals surface area contributed by atoms with E-state index in [0.29, 0.717) is 5.56 Å². The average molecular weight is 368 g/mol. The van der Waals surface area contributed by atoms with E-state index in [0.717, 1.165) is 10.9 Å². The molecule has 0 aliphatic rings. The van der Waals surface area contributed by atoms with Crippen LogP contribution in [0.25, 0.3) is 17.1 Å². The third-order valence-corrected chi connectivity index (χ3v) is 4.44. The number of benzene rings is 1. The first-order valence-electron chi connectivity index (χ1n) is 6.91. The molecule has 10 heteroatoms. The topological polar surface area (TPSA) is 77.7 Å². The van der Waals surface area contributed by atoms with Crippen molar-refractivity contribution in [3.63, 3.8) is 0 Å². The predicted molar refractivity (Wildman–Crippen MR) is 82.7 cm³/mol. The molecule has 0 amide bonds. The lowest BCUT2D eigenvalue weighted by Gasteiger charge is -2.06. The molecule has 0 spiro atoms. The smallest absolute Gasteiger partial charge is 0.265 e. The Morgan fingerprint density at radius 2 is 1.60 bits per heavy atom. The minimum Gasteiger partial charge on any atom is -0.265 e. The van der Waals surface area contributed by atoms with Crippen molar-refractivity contribution in [2.45, 2.75) is 11.1 Å². The van der Waals surface area contributed by atoms with Gasteiger partial charge >= 0.3 is 6.18 Å². The summed E-state index contributed by atoms with van der Waals surface area (Å²) in [5.41, 5.74) is 0.646. The first-order valence-corrected chi connectivity index (χ1v) is 8.80. The minimum atomic E-state index is -4.71. The zero-order valence-electron chi connectivity index (χ0n) is 12.8. The molecule has 130 valence electrons. The van der Waals surface area contributed by atoms with Crippen molar-refractivity contribution < 1.29 is 21.6 Å². The van der Waals surface area contributed by atoms with Gasteiger partial charge in [0.2, 0.25) is 0 Å². The molecule has 1 aromatic carbocycles. The summed E-state index contributed by atoms with van der Waals surface area (Å²) in [5.74, 6) is -1.31. The average Bonchev–Trinajstić information content (AvgIpc) is 3.00. The first kappa shape index (κ1) is 17.1. The van der Waals surface area contributed by atoms with Crippen molar-refractivity contribution in [3.05, 3.63) is 54.6 Å². The summed E-state index contributed by atoms with van der Waals surface area (Å²) in [5, 5.41) is 3.53. The highest BCUT2D eigenvalue weighted by molar-refractivity contribution is 7.90. The van der Waals surface area contributed by atoms with Crippen molar-refractivity contribution >= 4 is 9.84 Å². The van der Waals surface area contributed by atoms with E-state index in [9.17, 15) is 21.6 Å². The molecule has 0 N–H and O–H groups in total. The van der Waals surface area contributed by atoms with Crippen LogP contribution in [0, 0.1) is 0 Å². The van der Waals surface area contributed by atoms with Gasteiger partial charge in [-0.2, -0.15) is 13.2 Å². The molecule has 0 saturated carbocycles. The fourth-order valence-electron chi connectivity index (χ4n) is 2.13. The van der Waals surface area contributed by atoms with Crippen LogP contribution in [-0.4, -0.2) is 34.4 Å². The Balaban J connectivity index is 2.16. The number of hydrogen-bond acceptors (Lipinski definition) is 5. The quantitative estimate of drug-likeness (QED) is 0.710. The van der Waals surface area contributed by atoms with Crippen LogP contribution in [0.1, 0.15) is 5.82 Å². The zero-order chi connectivity index (χ0) is 18.2. The van der Waals surface area contributed by atoms with E-state index < -0.39 is 21.8 Å². The highest BCUT2D eigenvalue weighted by Gasteiger charge is 2.37. The van der Waals surface area contributed by atoms with Crippen molar-refractivity contribution in [2.75, 3.05) is 6.26 Å². The summed E-state index contributed by atoms with van der Waals surface area (Å²) in [6, 6.07) is 8.36. The molecule has 2 aromatic heterocycles. The molecule has 0 aliphatic heterocycles. The molecule has 3 rings (SSSR count). The number of rotatable bonds is 3. The lowest BCUT2D eigenvalue weighted by Crippen LogP contribution is -2.08. The van der Waals surface area contributed by atoms with E-state index in [4.69, 9.17) is 0 Å². The van der Waals surface area contributed by atoms with E-state index in [-0.39, 0.29) is 16.4 Å². The summed E-state index contributed by atoms with van der Waals surface area (Å²) < 4.78 is 63.1.